The first kappa shape index (κ1) is 12.4. The largest absolute Gasteiger partial charge is 0.445 e. The second-order valence-corrected chi connectivity index (χ2v) is 5.67. The molecule has 0 radical (unpaired) electrons. The smallest absolute Gasteiger partial charge is 0.404 e. The Morgan fingerprint density at radius 3 is 2.82 bits per heavy atom. The topological polar surface area (TPSA) is 26.3 Å². The minimum Gasteiger partial charge on any atom is -0.445 e. The fraction of sp³-hybridized carbons (Fsp3) is 0.500. The summed E-state index contributed by atoms with van der Waals surface area (Å²) in [5, 5.41) is 0. The van der Waals surface area contributed by atoms with Crippen molar-refractivity contribution in [3.63, 3.8) is 0 Å². The standard InChI is InChI=1S/C14H17ClO2/c1-9-4-5-10-11(8-9)14(2,3)7-6-12(10)17-13(15)16/h4-5,8,12H,6-7H2,1-3H3. The van der Waals surface area contributed by atoms with Gasteiger partial charge in [0.15, 0.2) is 0 Å². The maximum atomic E-state index is 10.9. The summed E-state index contributed by atoms with van der Waals surface area (Å²) >= 11 is 5.32. The van der Waals surface area contributed by atoms with Crippen molar-refractivity contribution < 1.29 is 9.53 Å². The maximum Gasteiger partial charge on any atom is 0.404 e. The number of halogens is 1. The van der Waals surface area contributed by atoms with E-state index in [2.05, 4.69) is 39.0 Å². The van der Waals surface area contributed by atoms with Gasteiger partial charge in [0.2, 0.25) is 0 Å². The zero-order chi connectivity index (χ0) is 12.6. The molecule has 1 unspecified atom stereocenters. The monoisotopic (exact) mass is 252 g/mol. The number of hydrogen-bond donors (Lipinski definition) is 0. The van der Waals surface area contributed by atoms with E-state index < -0.39 is 5.43 Å². The predicted molar refractivity (Wildman–Crippen MR) is 68.5 cm³/mol. The van der Waals surface area contributed by atoms with Crippen LogP contribution in [0.1, 0.15) is 49.5 Å². The molecule has 1 aliphatic rings. The lowest BCUT2D eigenvalue weighted by Crippen LogP contribution is -2.27. The summed E-state index contributed by atoms with van der Waals surface area (Å²) in [4.78, 5) is 10.9. The molecule has 0 fully saturated rings. The molecule has 3 heteroatoms. The highest BCUT2D eigenvalue weighted by Gasteiger charge is 2.34. The zero-order valence-electron chi connectivity index (χ0n) is 10.4. The SMILES string of the molecule is Cc1ccc2c(c1)C(C)(C)CCC2OC(=O)Cl. The summed E-state index contributed by atoms with van der Waals surface area (Å²) in [7, 11) is 0. The molecule has 0 N–H and O–H groups in total. The molecule has 2 nitrogen and oxygen atoms in total. The van der Waals surface area contributed by atoms with E-state index in [1.54, 1.807) is 0 Å². The minimum atomic E-state index is -0.721. The maximum absolute atomic E-state index is 10.9. The third kappa shape index (κ3) is 2.47. The molecule has 92 valence electrons. The molecular formula is C14H17ClO2. The molecule has 0 heterocycles. The number of carbonyl (C=O) groups is 1. The Kier molecular flexibility index (Phi) is 3.17. The van der Waals surface area contributed by atoms with Crippen LogP contribution in [0.5, 0.6) is 0 Å². The number of fused-ring (bicyclic) bond motifs is 1. The van der Waals surface area contributed by atoms with E-state index in [9.17, 15) is 4.79 Å². The van der Waals surface area contributed by atoms with Crippen molar-refractivity contribution >= 4 is 17.0 Å². The van der Waals surface area contributed by atoms with E-state index in [1.807, 2.05) is 0 Å². The molecule has 0 spiro atoms. The molecule has 1 aromatic carbocycles. The third-order valence-corrected chi connectivity index (χ3v) is 3.64. The number of aryl methyl sites for hydroxylation is 1. The molecule has 1 aliphatic carbocycles. The molecule has 17 heavy (non-hydrogen) atoms. The van der Waals surface area contributed by atoms with Crippen LogP contribution in [0.15, 0.2) is 18.2 Å². The van der Waals surface area contributed by atoms with Gasteiger partial charge < -0.3 is 4.74 Å². The highest BCUT2D eigenvalue weighted by Crippen LogP contribution is 2.43. The normalized spacial score (nSPS) is 21.8. The fourth-order valence-corrected chi connectivity index (χ4v) is 2.66. The van der Waals surface area contributed by atoms with E-state index in [4.69, 9.17) is 16.3 Å². The molecule has 0 saturated heterocycles. The molecule has 0 bridgehead atoms. The Hall–Kier alpha value is -1.02. The van der Waals surface area contributed by atoms with Crippen molar-refractivity contribution in [3.05, 3.63) is 34.9 Å². The van der Waals surface area contributed by atoms with Gasteiger partial charge in [0.1, 0.15) is 6.10 Å². The van der Waals surface area contributed by atoms with Crippen molar-refractivity contribution in [2.75, 3.05) is 0 Å². The van der Waals surface area contributed by atoms with Gasteiger partial charge in [0.25, 0.3) is 0 Å². The summed E-state index contributed by atoms with van der Waals surface area (Å²) in [6.07, 6.45) is 1.64. The van der Waals surface area contributed by atoms with Crippen LogP contribution < -0.4 is 0 Å². The average molecular weight is 253 g/mol. The molecule has 0 amide bonds. The van der Waals surface area contributed by atoms with Crippen molar-refractivity contribution in [1.82, 2.24) is 0 Å². The Labute approximate surface area is 107 Å². The third-order valence-electron chi connectivity index (χ3n) is 3.55. The van der Waals surface area contributed by atoms with Crippen molar-refractivity contribution in [3.8, 4) is 0 Å². The van der Waals surface area contributed by atoms with Crippen LogP contribution in [-0.4, -0.2) is 5.43 Å². The van der Waals surface area contributed by atoms with Crippen LogP contribution in [0.25, 0.3) is 0 Å². The quantitative estimate of drug-likeness (QED) is 0.689. The fourth-order valence-electron chi connectivity index (χ4n) is 2.55. The number of ether oxygens (including phenoxy) is 1. The van der Waals surface area contributed by atoms with Crippen LogP contribution in [0, 0.1) is 6.92 Å². The number of hydrogen-bond acceptors (Lipinski definition) is 2. The van der Waals surface area contributed by atoms with Crippen LogP contribution in [0.4, 0.5) is 4.79 Å². The molecule has 2 rings (SSSR count). The van der Waals surface area contributed by atoms with E-state index in [-0.39, 0.29) is 11.5 Å². The molecule has 0 aromatic heterocycles. The van der Waals surface area contributed by atoms with E-state index in [0.717, 1.165) is 18.4 Å². The summed E-state index contributed by atoms with van der Waals surface area (Å²) in [5.74, 6) is 0. The predicted octanol–water partition coefficient (Wildman–Crippen LogP) is 4.48. The molecule has 1 aromatic rings. The summed E-state index contributed by atoms with van der Waals surface area (Å²) in [6.45, 7) is 6.53. The van der Waals surface area contributed by atoms with Gasteiger partial charge in [-0.15, -0.1) is 0 Å². The first-order chi connectivity index (χ1) is 7.90. The highest BCUT2D eigenvalue weighted by atomic mass is 35.5. The Morgan fingerprint density at radius 2 is 2.18 bits per heavy atom. The summed E-state index contributed by atoms with van der Waals surface area (Å²) in [6, 6.07) is 6.29. The molecule has 0 saturated carbocycles. The molecule has 1 atom stereocenters. The second-order valence-electron chi connectivity index (χ2n) is 5.36. The molecule has 0 aliphatic heterocycles. The van der Waals surface area contributed by atoms with Crippen LogP contribution in [0.3, 0.4) is 0 Å². The van der Waals surface area contributed by atoms with Gasteiger partial charge >= 0.3 is 5.43 Å². The zero-order valence-corrected chi connectivity index (χ0v) is 11.2. The Morgan fingerprint density at radius 1 is 1.47 bits per heavy atom. The first-order valence-electron chi connectivity index (χ1n) is 5.87. The summed E-state index contributed by atoms with van der Waals surface area (Å²) < 4.78 is 5.18. The molecular weight excluding hydrogens is 236 g/mol. The van der Waals surface area contributed by atoms with Crippen molar-refractivity contribution in [2.45, 2.75) is 45.1 Å². The van der Waals surface area contributed by atoms with Crippen LogP contribution in [-0.2, 0) is 10.2 Å². The van der Waals surface area contributed by atoms with E-state index >= 15 is 0 Å². The van der Waals surface area contributed by atoms with Gasteiger partial charge in [-0.05, 0) is 36.3 Å². The highest BCUT2D eigenvalue weighted by molar-refractivity contribution is 6.61. The van der Waals surface area contributed by atoms with Gasteiger partial charge in [-0.3, -0.25) is 0 Å². The lowest BCUT2D eigenvalue weighted by Gasteiger charge is -2.36. The minimum absolute atomic E-state index is 0.135. The number of carbonyl (C=O) groups excluding carboxylic acids is 1. The average Bonchev–Trinajstić information content (AvgIpc) is 2.22. The van der Waals surface area contributed by atoms with E-state index in [0.29, 0.717) is 0 Å². The van der Waals surface area contributed by atoms with Gasteiger partial charge in [-0.1, -0.05) is 37.6 Å². The Bertz CT molecular complexity index is 452. The van der Waals surface area contributed by atoms with Gasteiger partial charge in [0, 0.05) is 11.6 Å². The van der Waals surface area contributed by atoms with Crippen LogP contribution in [0.2, 0.25) is 0 Å². The lowest BCUT2D eigenvalue weighted by atomic mass is 9.71. The lowest BCUT2D eigenvalue weighted by molar-refractivity contribution is 0.101. The Balaban J connectivity index is 2.44. The van der Waals surface area contributed by atoms with Gasteiger partial charge in [-0.25, -0.2) is 4.79 Å². The summed E-state index contributed by atoms with van der Waals surface area (Å²) in [5.41, 5.74) is 3.01. The number of benzene rings is 1. The van der Waals surface area contributed by atoms with E-state index in [1.165, 1.54) is 11.1 Å². The van der Waals surface area contributed by atoms with Crippen molar-refractivity contribution in [1.29, 1.82) is 0 Å². The van der Waals surface area contributed by atoms with Gasteiger partial charge in [0.05, 0.1) is 0 Å². The first-order valence-corrected chi connectivity index (χ1v) is 6.25. The van der Waals surface area contributed by atoms with Crippen LogP contribution >= 0.6 is 11.6 Å². The van der Waals surface area contributed by atoms with Gasteiger partial charge in [-0.2, -0.15) is 0 Å². The van der Waals surface area contributed by atoms with Crippen molar-refractivity contribution in [2.24, 2.45) is 0 Å². The number of rotatable bonds is 1. The second kappa shape index (κ2) is 4.34.